The summed E-state index contributed by atoms with van der Waals surface area (Å²) in [5.74, 6) is -1.69. The highest BCUT2D eigenvalue weighted by Gasteiger charge is 2.47. The minimum absolute atomic E-state index is 0.0158. The van der Waals surface area contributed by atoms with Crippen molar-refractivity contribution < 1.29 is 53.8 Å². The zero-order valence-corrected chi connectivity index (χ0v) is 31.0. The molecule has 0 aromatic heterocycles. The monoisotopic (exact) mass is 710 g/mol. The van der Waals surface area contributed by atoms with E-state index < -0.39 is 53.6 Å². The summed E-state index contributed by atoms with van der Waals surface area (Å²) < 4.78 is 23.5. The Balaban J connectivity index is 1.74. The second-order valence-electron chi connectivity index (χ2n) is 15.0. The molecule has 0 spiro atoms. The number of aliphatic hydroxyl groups is 4. The molecule has 3 aliphatic heterocycles. The molecule has 0 aromatic carbocycles. The van der Waals surface area contributed by atoms with Crippen molar-refractivity contribution in [3.8, 4) is 0 Å². The van der Waals surface area contributed by atoms with E-state index in [0.717, 1.165) is 0 Å². The molecule has 0 unspecified atom stereocenters. The Labute approximate surface area is 297 Å². The third-order valence-electron chi connectivity index (χ3n) is 10.3. The van der Waals surface area contributed by atoms with Gasteiger partial charge in [-0.3, -0.25) is 14.5 Å². The molecular formula is C37H62N2O11. The molecule has 286 valence electrons. The van der Waals surface area contributed by atoms with Gasteiger partial charge in [-0.25, -0.2) is 4.79 Å². The van der Waals surface area contributed by atoms with Crippen molar-refractivity contribution in [2.45, 2.75) is 135 Å². The van der Waals surface area contributed by atoms with Crippen LogP contribution in [0, 0.1) is 17.8 Å². The second kappa shape index (κ2) is 18.8. The lowest BCUT2D eigenvalue weighted by Crippen LogP contribution is -2.53. The third-order valence-corrected chi connectivity index (χ3v) is 10.3. The second-order valence-corrected chi connectivity index (χ2v) is 15.0. The molecule has 0 aromatic rings. The molecule has 0 bridgehead atoms. The first-order valence-electron chi connectivity index (χ1n) is 18.3. The van der Waals surface area contributed by atoms with Crippen LogP contribution in [0.15, 0.2) is 24.3 Å². The van der Waals surface area contributed by atoms with Crippen LogP contribution < -0.4 is 0 Å². The highest BCUT2D eigenvalue weighted by atomic mass is 16.6. The van der Waals surface area contributed by atoms with Crippen LogP contribution in [0.4, 0.5) is 4.79 Å². The van der Waals surface area contributed by atoms with Gasteiger partial charge in [-0.15, -0.1) is 0 Å². The molecular weight excluding hydrogens is 648 g/mol. The normalized spacial score (nSPS) is 33.6. The van der Waals surface area contributed by atoms with E-state index in [1.54, 1.807) is 37.0 Å². The predicted octanol–water partition coefficient (Wildman–Crippen LogP) is 2.97. The first-order valence-corrected chi connectivity index (χ1v) is 18.3. The number of hydrogen-bond acceptors (Lipinski definition) is 12. The van der Waals surface area contributed by atoms with Gasteiger partial charge in [-0.1, -0.05) is 45.9 Å². The molecule has 0 saturated carbocycles. The zero-order chi connectivity index (χ0) is 37.2. The quantitative estimate of drug-likeness (QED) is 0.0952. The number of nitrogens with zero attached hydrogens (tertiary/aromatic N) is 2. The molecule has 0 aliphatic carbocycles. The number of amides is 1. The summed E-state index contributed by atoms with van der Waals surface area (Å²) in [6.07, 6.45) is 4.60. The summed E-state index contributed by atoms with van der Waals surface area (Å²) in [7, 11) is 0. The minimum atomic E-state index is -1.35. The standard InChI is InChI=1S/C37H62N2O11/c1-8-29(43)26(4)34-30(48-34)23-36(6,46)14-9-10-24(2)33-25(3)11-12-31(47-27(5)41)37(7,15-13-28(42)22-32(44)49-33)50-35(45)39-18-16-38(17-19-39)20-21-40/h9,11-12,14,24-26,28-31,33-34,40,42-43,46H,8,10,13,15-23H2,1-7H3/b12-11+,14-9+/t24-,25-,26+,28+,29-,30+,31+,33+,34+,36-,37+/m0/s1. The summed E-state index contributed by atoms with van der Waals surface area (Å²) in [5.41, 5.74) is -2.49. The van der Waals surface area contributed by atoms with Gasteiger partial charge in [-0.05, 0) is 51.5 Å². The van der Waals surface area contributed by atoms with Crippen molar-refractivity contribution >= 4 is 18.0 Å². The summed E-state index contributed by atoms with van der Waals surface area (Å²) in [4.78, 5) is 42.4. The lowest BCUT2D eigenvalue weighted by molar-refractivity contribution is -0.159. The van der Waals surface area contributed by atoms with E-state index in [4.69, 9.17) is 18.9 Å². The molecule has 2 saturated heterocycles. The Kier molecular flexibility index (Phi) is 15.7. The van der Waals surface area contributed by atoms with Gasteiger partial charge in [-0.2, -0.15) is 0 Å². The lowest BCUT2D eigenvalue weighted by Gasteiger charge is -2.40. The van der Waals surface area contributed by atoms with E-state index >= 15 is 0 Å². The summed E-state index contributed by atoms with van der Waals surface area (Å²) in [6.45, 7) is 14.9. The van der Waals surface area contributed by atoms with Crippen LogP contribution in [-0.4, -0.2) is 135 Å². The Bertz CT molecular complexity index is 1170. The number of aliphatic hydroxyl groups excluding tert-OH is 3. The number of epoxide rings is 1. The van der Waals surface area contributed by atoms with Gasteiger partial charge in [0.15, 0.2) is 11.7 Å². The fourth-order valence-electron chi connectivity index (χ4n) is 6.95. The molecule has 13 nitrogen and oxygen atoms in total. The van der Waals surface area contributed by atoms with Gasteiger partial charge in [0, 0.05) is 57.9 Å². The molecule has 13 heteroatoms. The van der Waals surface area contributed by atoms with Gasteiger partial charge in [0.25, 0.3) is 0 Å². The van der Waals surface area contributed by atoms with Crippen LogP contribution in [0.2, 0.25) is 0 Å². The Morgan fingerprint density at radius 2 is 1.86 bits per heavy atom. The van der Waals surface area contributed by atoms with E-state index in [-0.39, 0.29) is 55.8 Å². The molecule has 3 rings (SSSR count). The summed E-state index contributed by atoms with van der Waals surface area (Å²) in [6, 6.07) is 0. The van der Waals surface area contributed by atoms with Crippen molar-refractivity contribution in [3.05, 3.63) is 24.3 Å². The van der Waals surface area contributed by atoms with Crippen molar-refractivity contribution in [2.75, 3.05) is 39.3 Å². The maximum absolute atomic E-state index is 13.4. The molecule has 11 atom stereocenters. The van der Waals surface area contributed by atoms with Crippen molar-refractivity contribution in [2.24, 2.45) is 17.8 Å². The van der Waals surface area contributed by atoms with Gasteiger partial charge in [0.1, 0.15) is 6.10 Å². The van der Waals surface area contributed by atoms with E-state index in [1.807, 2.05) is 33.8 Å². The van der Waals surface area contributed by atoms with Crippen LogP contribution in [0.1, 0.15) is 87.0 Å². The molecule has 50 heavy (non-hydrogen) atoms. The fraction of sp³-hybridized carbons (Fsp3) is 0.811. The number of cyclic esters (lactones) is 1. The highest BCUT2D eigenvalue weighted by molar-refractivity contribution is 5.70. The number of piperazine rings is 1. The number of allylic oxidation sites excluding steroid dienone is 1. The van der Waals surface area contributed by atoms with Crippen molar-refractivity contribution in [3.63, 3.8) is 0 Å². The number of ether oxygens (including phenoxy) is 4. The summed E-state index contributed by atoms with van der Waals surface area (Å²) >= 11 is 0. The van der Waals surface area contributed by atoms with E-state index in [1.165, 1.54) is 6.92 Å². The molecule has 2 fully saturated rings. The van der Waals surface area contributed by atoms with E-state index in [2.05, 4.69) is 4.90 Å². The maximum Gasteiger partial charge on any atom is 0.410 e. The number of rotatable bonds is 13. The molecule has 3 aliphatic rings. The summed E-state index contributed by atoms with van der Waals surface area (Å²) in [5, 5.41) is 41.3. The molecule has 1 amide bonds. The first kappa shape index (κ1) is 41.9. The zero-order valence-electron chi connectivity index (χ0n) is 31.0. The average molecular weight is 711 g/mol. The Morgan fingerprint density at radius 3 is 2.48 bits per heavy atom. The number of hydrogen-bond donors (Lipinski definition) is 4. The first-order chi connectivity index (χ1) is 23.5. The van der Waals surface area contributed by atoms with Crippen molar-refractivity contribution in [1.82, 2.24) is 9.80 Å². The maximum atomic E-state index is 13.4. The number of β-amino-alcohol motifs (C(OH)–C–C–N with tert-alkyl or cyclic N) is 1. The van der Waals surface area contributed by atoms with Gasteiger partial charge >= 0.3 is 18.0 Å². The van der Waals surface area contributed by atoms with Gasteiger partial charge in [0.05, 0.1) is 43.0 Å². The molecule has 0 radical (unpaired) electrons. The van der Waals surface area contributed by atoms with E-state index in [9.17, 15) is 34.8 Å². The van der Waals surface area contributed by atoms with E-state index in [0.29, 0.717) is 52.0 Å². The number of carbonyl (C=O) groups is 3. The van der Waals surface area contributed by atoms with Crippen LogP contribution >= 0.6 is 0 Å². The van der Waals surface area contributed by atoms with Gasteiger partial charge < -0.3 is 44.3 Å². The molecule has 4 N–H and O–H groups in total. The predicted molar refractivity (Wildman–Crippen MR) is 186 cm³/mol. The topological polar surface area (TPSA) is 179 Å². The molecule has 3 heterocycles. The smallest absolute Gasteiger partial charge is 0.410 e. The number of carbonyl (C=O) groups excluding carboxylic acids is 3. The van der Waals surface area contributed by atoms with Crippen LogP contribution in [0.5, 0.6) is 0 Å². The van der Waals surface area contributed by atoms with Crippen LogP contribution in [0.25, 0.3) is 0 Å². The van der Waals surface area contributed by atoms with Crippen molar-refractivity contribution in [1.29, 1.82) is 0 Å². The lowest BCUT2D eigenvalue weighted by atomic mass is 9.86. The fourth-order valence-corrected chi connectivity index (χ4v) is 6.95. The SMILES string of the molecule is CC[C@H](O)[C@@H](C)[C@H]1O[C@@H]1C[C@@](C)(O)/C=C/C[C@H](C)[C@H]1OC(=O)C[C@H](O)CC[C@@](C)(OC(=O)N2CCN(CCO)CC2)[C@H](OC(C)=O)/C=C/[C@@H]1C. The number of esters is 2. The van der Waals surface area contributed by atoms with Crippen LogP contribution in [0.3, 0.4) is 0 Å². The highest BCUT2D eigenvalue weighted by Crippen LogP contribution is 2.38. The average Bonchev–Trinajstić information content (AvgIpc) is 3.81. The minimum Gasteiger partial charge on any atom is -0.461 e. The largest absolute Gasteiger partial charge is 0.461 e. The van der Waals surface area contributed by atoms with Gasteiger partial charge in [0.2, 0.25) is 0 Å². The third kappa shape index (κ3) is 12.6. The van der Waals surface area contributed by atoms with Crippen LogP contribution in [-0.2, 0) is 28.5 Å². The Hall–Kier alpha value is -2.55. The Morgan fingerprint density at radius 1 is 1.18 bits per heavy atom.